The van der Waals surface area contributed by atoms with Gasteiger partial charge in [-0.15, -0.1) is 24.8 Å². The average molecular weight is 489 g/mol. The van der Waals surface area contributed by atoms with Gasteiger partial charge < -0.3 is 14.5 Å². The number of tetrazole rings is 1. The van der Waals surface area contributed by atoms with Crippen LogP contribution in [0, 0.1) is 0 Å². The third-order valence-corrected chi connectivity index (χ3v) is 5.87. The fourth-order valence-corrected chi connectivity index (χ4v) is 4.19. The van der Waals surface area contributed by atoms with E-state index < -0.39 is 0 Å². The second-order valence-electron chi connectivity index (χ2n) is 7.72. The SMILES string of the molecule is CCC(=O)N(c1ccccc1)C1(COC)CCN(CCn2nnn(CC)c2=O)CC1.Cl.Cl. The number of hydrogen-bond acceptors (Lipinski definition) is 6. The summed E-state index contributed by atoms with van der Waals surface area (Å²) in [5.41, 5.74) is 0.367. The molecule has 0 spiro atoms. The minimum absolute atomic E-state index is 0. The number of aromatic nitrogens is 4. The van der Waals surface area contributed by atoms with Gasteiger partial charge in [-0.2, -0.15) is 9.36 Å². The first-order valence-corrected chi connectivity index (χ1v) is 10.6. The number of rotatable bonds is 9. The van der Waals surface area contributed by atoms with E-state index in [1.807, 2.05) is 49.1 Å². The van der Waals surface area contributed by atoms with Crippen molar-refractivity contribution in [1.82, 2.24) is 24.7 Å². The molecule has 2 aromatic rings. The van der Waals surface area contributed by atoms with Crippen LogP contribution in [0.5, 0.6) is 0 Å². The number of amides is 1. The number of piperidine rings is 1. The predicted molar refractivity (Wildman–Crippen MR) is 129 cm³/mol. The van der Waals surface area contributed by atoms with Crippen molar-refractivity contribution < 1.29 is 9.53 Å². The Labute approximate surface area is 201 Å². The van der Waals surface area contributed by atoms with Crippen molar-refractivity contribution in [3.63, 3.8) is 0 Å². The van der Waals surface area contributed by atoms with E-state index in [0.717, 1.165) is 38.2 Å². The molecule has 0 bridgehead atoms. The Hall–Kier alpha value is -1.94. The Morgan fingerprint density at radius 1 is 1.06 bits per heavy atom. The summed E-state index contributed by atoms with van der Waals surface area (Å²) in [5, 5.41) is 7.82. The Morgan fingerprint density at radius 3 is 2.22 bits per heavy atom. The smallest absolute Gasteiger partial charge is 0.363 e. The van der Waals surface area contributed by atoms with E-state index >= 15 is 0 Å². The van der Waals surface area contributed by atoms with Gasteiger partial charge in [-0.05, 0) is 42.3 Å². The Kier molecular flexibility index (Phi) is 11.4. The third-order valence-electron chi connectivity index (χ3n) is 5.87. The van der Waals surface area contributed by atoms with E-state index in [1.165, 1.54) is 9.36 Å². The molecular formula is C21H34Cl2N6O3. The molecule has 2 heterocycles. The van der Waals surface area contributed by atoms with Crippen molar-refractivity contribution in [2.75, 3.05) is 38.3 Å². The van der Waals surface area contributed by atoms with Crippen LogP contribution in [0.25, 0.3) is 0 Å². The van der Waals surface area contributed by atoms with Crippen LogP contribution in [0.4, 0.5) is 5.69 Å². The quantitative estimate of drug-likeness (QED) is 0.537. The van der Waals surface area contributed by atoms with Crippen LogP contribution in [-0.2, 0) is 22.6 Å². The van der Waals surface area contributed by atoms with E-state index in [-0.39, 0.29) is 41.9 Å². The van der Waals surface area contributed by atoms with Gasteiger partial charge in [-0.3, -0.25) is 4.79 Å². The number of benzene rings is 1. The van der Waals surface area contributed by atoms with Crippen molar-refractivity contribution >= 4 is 36.4 Å². The number of carbonyl (C=O) groups is 1. The van der Waals surface area contributed by atoms with Gasteiger partial charge in [-0.1, -0.05) is 25.1 Å². The average Bonchev–Trinajstić information content (AvgIpc) is 3.13. The molecule has 1 amide bonds. The van der Waals surface area contributed by atoms with Gasteiger partial charge in [0.1, 0.15) is 0 Å². The number of carbonyl (C=O) groups excluding carboxylic acids is 1. The molecule has 0 aliphatic carbocycles. The maximum atomic E-state index is 13.0. The lowest BCUT2D eigenvalue weighted by Crippen LogP contribution is -2.60. The van der Waals surface area contributed by atoms with Gasteiger partial charge in [0.25, 0.3) is 0 Å². The van der Waals surface area contributed by atoms with Crippen molar-refractivity contribution in [3.8, 4) is 0 Å². The molecule has 32 heavy (non-hydrogen) atoms. The van der Waals surface area contributed by atoms with Gasteiger partial charge in [0, 0.05) is 45.4 Å². The zero-order valence-corrected chi connectivity index (χ0v) is 20.6. The molecule has 1 aromatic heterocycles. The molecule has 0 radical (unpaired) electrons. The van der Waals surface area contributed by atoms with Crippen molar-refractivity contribution in [2.45, 2.75) is 51.7 Å². The molecule has 0 atom stereocenters. The first kappa shape index (κ1) is 28.1. The predicted octanol–water partition coefficient (Wildman–Crippen LogP) is 2.23. The Balaban J connectivity index is 0.00000256. The van der Waals surface area contributed by atoms with Crippen LogP contribution in [0.1, 0.15) is 33.1 Å². The Morgan fingerprint density at radius 2 is 1.69 bits per heavy atom. The maximum absolute atomic E-state index is 13.0. The van der Waals surface area contributed by atoms with Crippen LogP contribution in [-0.4, -0.2) is 69.5 Å². The molecule has 1 aliphatic heterocycles. The van der Waals surface area contributed by atoms with Gasteiger partial charge in [0.2, 0.25) is 5.91 Å². The highest BCUT2D eigenvalue weighted by molar-refractivity contribution is 5.94. The lowest BCUT2D eigenvalue weighted by atomic mass is 9.85. The fourth-order valence-electron chi connectivity index (χ4n) is 4.19. The molecule has 9 nitrogen and oxygen atoms in total. The van der Waals surface area contributed by atoms with Crippen LogP contribution >= 0.6 is 24.8 Å². The molecule has 3 rings (SSSR count). The largest absolute Gasteiger partial charge is 0.382 e. The zero-order valence-electron chi connectivity index (χ0n) is 19.0. The van der Waals surface area contributed by atoms with Crippen molar-refractivity contribution in [3.05, 3.63) is 40.8 Å². The number of nitrogens with zero attached hydrogens (tertiary/aromatic N) is 6. The maximum Gasteiger partial charge on any atom is 0.363 e. The normalized spacial score (nSPS) is 15.5. The van der Waals surface area contributed by atoms with E-state index in [9.17, 15) is 9.59 Å². The highest BCUT2D eigenvalue weighted by Crippen LogP contribution is 2.34. The molecule has 1 aliphatic rings. The third kappa shape index (κ3) is 6.10. The number of para-hydroxylation sites is 1. The summed E-state index contributed by atoms with van der Waals surface area (Å²) in [6.07, 6.45) is 2.05. The van der Waals surface area contributed by atoms with E-state index in [2.05, 4.69) is 15.3 Å². The van der Waals surface area contributed by atoms with Gasteiger partial charge in [0.05, 0.1) is 18.7 Å². The summed E-state index contributed by atoms with van der Waals surface area (Å²) in [4.78, 5) is 29.4. The number of hydrogen-bond donors (Lipinski definition) is 0. The number of likely N-dealkylation sites (tertiary alicyclic amines) is 1. The van der Waals surface area contributed by atoms with Crippen molar-refractivity contribution in [1.29, 1.82) is 0 Å². The number of methoxy groups -OCH3 is 1. The molecule has 0 unspecified atom stereocenters. The molecular weight excluding hydrogens is 455 g/mol. The number of anilines is 1. The molecule has 0 saturated carbocycles. The molecule has 11 heteroatoms. The van der Waals surface area contributed by atoms with Crippen molar-refractivity contribution in [2.24, 2.45) is 0 Å². The topological polar surface area (TPSA) is 85.5 Å². The molecule has 1 fully saturated rings. The van der Waals surface area contributed by atoms with E-state index in [4.69, 9.17) is 4.74 Å². The minimum atomic E-state index is -0.373. The minimum Gasteiger partial charge on any atom is -0.382 e. The van der Waals surface area contributed by atoms with Crippen LogP contribution in [0.3, 0.4) is 0 Å². The lowest BCUT2D eigenvalue weighted by molar-refractivity contribution is -0.120. The lowest BCUT2D eigenvalue weighted by Gasteiger charge is -2.48. The second-order valence-corrected chi connectivity index (χ2v) is 7.72. The number of aryl methyl sites for hydroxylation is 1. The van der Waals surface area contributed by atoms with Gasteiger partial charge >= 0.3 is 5.69 Å². The van der Waals surface area contributed by atoms with Crippen LogP contribution in [0.15, 0.2) is 35.1 Å². The highest BCUT2D eigenvalue weighted by atomic mass is 35.5. The summed E-state index contributed by atoms with van der Waals surface area (Å²) in [5.74, 6) is 0.106. The van der Waals surface area contributed by atoms with Crippen LogP contribution < -0.4 is 10.6 Å². The summed E-state index contributed by atoms with van der Waals surface area (Å²) in [7, 11) is 1.69. The second kappa shape index (κ2) is 12.9. The number of halogens is 2. The highest BCUT2D eigenvalue weighted by Gasteiger charge is 2.42. The van der Waals surface area contributed by atoms with Crippen LogP contribution in [0.2, 0.25) is 0 Å². The summed E-state index contributed by atoms with van der Waals surface area (Å²) >= 11 is 0. The summed E-state index contributed by atoms with van der Waals surface area (Å²) in [6, 6.07) is 9.85. The Bertz CT molecular complexity index is 881. The molecule has 1 saturated heterocycles. The first-order chi connectivity index (χ1) is 14.5. The summed E-state index contributed by atoms with van der Waals surface area (Å²) in [6.45, 7) is 7.64. The summed E-state index contributed by atoms with van der Waals surface area (Å²) < 4.78 is 8.37. The van der Waals surface area contributed by atoms with E-state index in [1.54, 1.807) is 7.11 Å². The van der Waals surface area contributed by atoms with Gasteiger partial charge in [-0.25, -0.2) is 4.79 Å². The zero-order chi connectivity index (χ0) is 21.6. The molecule has 180 valence electrons. The van der Waals surface area contributed by atoms with Gasteiger partial charge in [0.15, 0.2) is 0 Å². The van der Waals surface area contributed by atoms with E-state index in [0.29, 0.717) is 26.1 Å². The number of ether oxygens (including phenoxy) is 1. The standard InChI is InChI=1S/C21H32N6O3.2ClH/c1-4-19(28)27(18-9-7-6-8-10-18)21(17-30-3)11-13-24(14-12-21)15-16-26-20(29)25(5-2)22-23-26;;/h6-10H,4-5,11-17H2,1-3H3;2*1H. The molecule has 0 N–H and O–H groups in total. The first-order valence-electron chi connectivity index (χ1n) is 10.6. The monoisotopic (exact) mass is 488 g/mol. The molecule has 1 aromatic carbocycles. The fraction of sp³-hybridized carbons (Fsp3) is 0.619.